The number of hydrogen-bond donors (Lipinski definition) is 1. The van der Waals surface area contributed by atoms with Crippen LogP contribution in [0, 0.1) is 5.82 Å². The Hall–Kier alpha value is -1.26. The summed E-state index contributed by atoms with van der Waals surface area (Å²) in [5, 5.41) is 3.36. The number of benzene rings is 1. The van der Waals surface area contributed by atoms with E-state index < -0.39 is 0 Å². The lowest BCUT2D eigenvalue weighted by Gasteiger charge is -2.16. The summed E-state index contributed by atoms with van der Waals surface area (Å²) in [5.41, 5.74) is 2.55. The Bertz CT molecular complexity index is 456. The second kappa shape index (κ2) is 5.89. The van der Waals surface area contributed by atoms with E-state index in [0.29, 0.717) is 6.42 Å². The Kier molecular flexibility index (Phi) is 4.23. The van der Waals surface area contributed by atoms with Gasteiger partial charge in [-0.05, 0) is 24.6 Å². The Morgan fingerprint density at radius 3 is 2.88 bits per heavy atom. The second-order valence-electron chi connectivity index (χ2n) is 3.81. The molecule has 1 atom stereocenters. The summed E-state index contributed by atoms with van der Waals surface area (Å²) in [7, 11) is 0. The highest BCUT2D eigenvalue weighted by Gasteiger charge is 2.14. The van der Waals surface area contributed by atoms with Crippen LogP contribution in [-0.2, 0) is 6.42 Å². The second-order valence-corrected chi connectivity index (χ2v) is 4.73. The monoisotopic (exact) mass is 250 g/mol. The van der Waals surface area contributed by atoms with Crippen LogP contribution in [0.25, 0.3) is 0 Å². The van der Waals surface area contributed by atoms with Crippen molar-refractivity contribution in [3.05, 3.63) is 52.2 Å². The molecular weight excluding hydrogens is 235 g/mol. The van der Waals surface area contributed by atoms with Crippen LogP contribution >= 0.6 is 11.3 Å². The van der Waals surface area contributed by atoms with Crippen LogP contribution in [0.2, 0.25) is 0 Å². The molecule has 0 bridgehead atoms. The Morgan fingerprint density at radius 2 is 2.24 bits per heavy atom. The van der Waals surface area contributed by atoms with Crippen molar-refractivity contribution >= 4 is 11.3 Å². The first-order chi connectivity index (χ1) is 8.31. The van der Waals surface area contributed by atoms with E-state index in [1.807, 2.05) is 18.3 Å². The average molecular weight is 250 g/mol. The molecule has 0 spiro atoms. The maximum atomic E-state index is 13.6. The molecule has 0 aliphatic rings. The maximum Gasteiger partial charge on any atom is 0.126 e. The number of likely N-dealkylation sites (N-methyl/N-ethyl adjacent to an activating group) is 1. The van der Waals surface area contributed by atoms with Gasteiger partial charge in [0.2, 0.25) is 0 Å². The van der Waals surface area contributed by atoms with Crippen LogP contribution in [0.15, 0.2) is 36.0 Å². The molecule has 1 N–H and O–H groups in total. The highest BCUT2D eigenvalue weighted by Crippen LogP contribution is 2.22. The number of halogens is 1. The highest BCUT2D eigenvalue weighted by atomic mass is 32.1. The summed E-state index contributed by atoms with van der Waals surface area (Å²) >= 11 is 1.60. The summed E-state index contributed by atoms with van der Waals surface area (Å²) in [5.74, 6) is -0.139. The number of rotatable bonds is 5. The molecule has 0 saturated carbocycles. The van der Waals surface area contributed by atoms with E-state index in [-0.39, 0.29) is 11.9 Å². The third-order valence-electron chi connectivity index (χ3n) is 2.63. The molecule has 90 valence electrons. The molecule has 1 heterocycles. The van der Waals surface area contributed by atoms with Crippen molar-refractivity contribution < 1.29 is 4.39 Å². The molecule has 1 aromatic heterocycles. The lowest BCUT2D eigenvalue weighted by molar-refractivity contribution is 0.533. The van der Waals surface area contributed by atoms with Crippen molar-refractivity contribution in [3.8, 4) is 0 Å². The fraction of sp³-hybridized carbons (Fsp3) is 0.308. The van der Waals surface area contributed by atoms with Crippen molar-refractivity contribution in [1.29, 1.82) is 0 Å². The van der Waals surface area contributed by atoms with E-state index in [0.717, 1.165) is 17.0 Å². The van der Waals surface area contributed by atoms with Crippen LogP contribution in [0.1, 0.15) is 23.4 Å². The quantitative estimate of drug-likeness (QED) is 0.881. The predicted octanol–water partition coefficient (Wildman–Crippen LogP) is 3.18. The summed E-state index contributed by atoms with van der Waals surface area (Å²) in [6.07, 6.45) is 2.50. The lowest BCUT2D eigenvalue weighted by atomic mass is 10.0. The summed E-state index contributed by atoms with van der Waals surface area (Å²) in [6, 6.07) is 7.07. The normalized spacial score (nSPS) is 12.6. The van der Waals surface area contributed by atoms with Gasteiger partial charge in [-0.25, -0.2) is 4.39 Å². The molecule has 2 aromatic rings. The molecule has 0 radical (unpaired) electrons. The van der Waals surface area contributed by atoms with E-state index in [9.17, 15) is 4.39 Å². The minimum Gasteiger partial charge on any atom is -0.309 e. The smallest absolute Gasteiger partial charge is 0.126 e. The zero-order valence-corrected chi connectivity index (χ0v) is 10.5. The molecule has 17 heavy (non-hydrogen) atoms. The molecule has 2 rings (SSSR count). The van der Waals surface area contributed by atoms with Gasteiger partial charge in [0.1, 0.15) is 5.82 Å². The third kappa shape index (κ3) is 3.11. The van der Waals surface area contributed by atoms with Crippen LogP contribution < -0.4 is 5.32 Å². The fourth-order valence-electron chi connectivity index (χ4n) is 1.80. The van der Waals surface area contributed by atoms with E-state index in [1.165, 1.54) is 6.07 Å². The van der Waals surface area contributed by atoms with Gasteiger partial charge >= 0.3 is 0 Å². The average Bonchev–Trinajstić information content (AvgIpc) is 2.85. The molecule has 0 amide bonds. The maximum absolute atomic E-state index is 13.6. The zero-order valence-electron chi connectivity index (χ0n) is 9.69. The SMILES string of the molecule is CCNC(Cc1ccccc1F)c1cncs1. The van der Waals surface area contributed by atoms with Gasteiger partial charge in [0, 0.05) is 17.1 Å². The molecule has 4 heteroatoms. The minimum absolute atomic E-state index is 0.139. The molecule has 0 fully saturated rings. The molecule has 2 nitrogen and oxygen atoms in total. The molecular formula is C13H15FN2S. The minimum atomic E-state index is -0.139. The third-order valence-corrected chi connectivity index (χ3v) is 3.52. The number of aromatic nitrogens is 1. The van der Waals surface area contributed by atoms with E-state index in [2.05, 4.69) is 17.2 Å². The summed E-state index contributed by atoms with van der Waals surface area (Å²) < 4.78 is 13.6. The van der Waals surface area contributed by atoms with Crippen molar-refractivity contribution in [2.45, 2.75) is 19.4 Å². The van der Waals surface area contributed by atoms with Gasteiger partial charge in [-0.2, -0.15) is 0 Å². The number of hydrogen-bond acceptors (Lipinski definition) is 3. The Balaban J connectivity index is 2.16. The summed E-state index contributed by atoms with van der Waals surface area (Å²) in [6.45, 7) is 2.91. The van der Waals surface area contributed by atoms with Gasteiger partial charge in [0.05, 0.1) is 5.51 Å². The predicted molar refractivity (Wildman–Crippen MR) is 68.6 cm³/mol. The molecule has 0 saturated heterocycles. The van der Waals surface area contributed by atoms with Gasteiger partial charge in [0.15, 0.2) is 0 Å². The van der Waals surface area contributed by atoms with E-state index >= 15 is 0 Å². The van der Waals surface area contributed by atoms with Crippen molar-refractivity contribution in [1.82, 2.24) is 10.3 Å². The number of thiazole rings is 1. The molecule has 0 aliphatic heterocycles. The standard InChI is InChI=1S/C13H15FN2S/c1-2-16-12(13-8-15-9-17-13)7-10-5-3-4-6-11(10)14/h3-6,8-9,12,16H,2,7H2,1H3. The van der Waals surface area contributed by atoms with E-state index in [4.69, 9.17) is 0 Å². The fourth-order valence-corrected chi connectivity index (χ4v) is 2.50. The van der Waals surface area contributed by atoms with Crippen LogP contribution in [0.5, 0.6) is 0 Å². The van der Waals surface area contributed by atoms with Crippen molar-refractivity contribution in [3.63, 3.8) is 0 Å². The zero-order chi connectivity index (χ0) is 12.1. The van der Waals surface area contributed by atoms with Gasteiger partial charge in [0.25, 0.3) is 0 Å². The van der Waals surface area contributed by atoms with Crippen molar-refractivity contribution in [2.75, 3.05) is 6.54 Å². The first-order valence-electron chi connectivity index (χ1n) is 5.66. The van der Waals surface area contributed by atoms with Gasteiger partial charge in [-0.3, -0.25) is 4.98 Å². The van der Waals surface area contributed by atoms with Gasteiger partial charge in [-0.1, -0.05) is 25.1 Å². The topological polar surface area (TPSA) is 24.9 Å². The van der Waals surface area contributed by atoms with E-state index in [1.54, 1.807) is 22.9 Å². The molecule has 0 aliphatic carbocycles. The first kappa shape index (κ1) is 12.2. The van der Waals surface area contributed by atoms with Gasteiger partial charge < -0.3 is 5.32 Å². The molecule has 1 unspecified atom stereocenters. The molecule has 1 aromatic carbocycles. The van der Waals surface area contributed by atoms with Gasteiger partial charge in [-0.15, -0.1) is 11.3 Å². The Morgan fingerprint density at radius 1 is 1.41 bits per heavy atom. The van der Waals surface area contributed by atoms with Crippen LogP contribution in [0.3, 0.4) is 0 Å². The lowest BCUT2D eigenvalue weighted by Crippen LogP contribution is -2.22. The highest BCUT2D eigenvalue weighted by molar-refractivity contribution is 7.09. The van der Waals surface area contributed by atoms with Crippen molar-refractivity contribution in [2.24, 2.45) is 0 Å². The first-order valence-corrected chi connectivity index (χ1v) is 6.54. The van der Waals surface area contributed by atoms with Crippen LogP contribution in [-0.4, -0.2) is 11.5 Å². The summed E-state index contributed by atoms with van der Waals surface area (Å²) in [4.78, 5) is 5.22. The number of nitrogens with one attached hydrogen (secondary N) is 1. The number of nitrogens with zero attached hydrogens (tertiary/aromatic N) is 1. The largest absolute Gasteiger partial charge is 0.309 e. The Labute approximate surface area is 105 Å². The van der Waals surface area contributed by atoms with Crippen LogP contribution in [0.4, 0.5) is 4.39 Å².